The summed E-state index contributed by atoms with van der Waals surface area (Å²) < 4.78 is 0.318. The molecule has 2 nitrogen and oxygen atoms in total. The minimum Gasteiger partial charge on any atom is -0.329 e. The second-order valence-corrected chi connectivity index (χ2v) is 7.62. The number of hydrogen-bond donors (Lipinski definition) is 1. The van der Waals surface area contributed by atoms with Gasteiger partial charge in [-0.15, -0.1) is 0 Å². The second kappa shape index (κ2) is 5.83. The van der Waals surface area contributed by atoms with Crippen LogP contribution < -0.4 is 5.73 Å². The zero-order valence-electron chi connectivity index (χ0n) is 11.0. The van der Waals surface area contributed by atoms with Crippen molar-refractivity contribution in [2.75, 3.05) is 25.4 Å². The van der Waals surface area contributed by atoms with Gasteiger partial charge >= 0.3 is 0 Å². The minimum atomic E-state index is 0.308. The lowest BCUT2D eigenvalue weighted by atomic mass is 10.0. The third-order valence-electron chi connectivity index (χ3n) is 3.37. The quantitative estimate of drug-likeness (QED) is 0.924. The van der Waals surface area contributed by atoms with Crippen molar-refractivity contribution < 1.29 is 0 Å². The molecule has 1 fully saturated rings. The number of hydrogen-bond acceptors (Lipinski definition) is 3. The number of halogens is 1. The van der Waals surface area contributed by atoms with E-state index in [2.05, 4.69) is 30.9 Å². The van der Waals surface area contributed by atoms with Crippen LogP contribution in [0.3, 0.4) is 0 Å². The number of thioether (sulfide) groups is 1. The fourth-order valence-corrected chi connectivity index (χ4v) is 3.76. The zero-order chi connectivity index (χ0) is 13.2. The van der Waals surface area contributed by atoms with E-state index in [1.807, 2.05) is 23.9 Å². The molecule has 1 aliphatic heterocycles. The van der Waals surface area contributed by atoms with Gasteiger partial charge in [-0.2, -0.15) is 11.8 Å². The average Bonchev–Trinajstić information content (AvgIpc) is 2.31. The van der Waals surface area contributed by atoms with Gasteiger partial charge in [0.1, 0.15) is 0 Å². The van der Waals surface area contributed by atoms with Crippen LogP contribution in [0.1, 0.15) is 25.5 Å². The van der Waals surface area contributed by atoms with Crippen molar-refractivity contribution in [3.63, 3.8) is 0 Å². The van der Waals surface area contributed by atoms with Gasteiger partial charge in [0.25, 0.3) is 0 Å². The van der Waals surface area contributed by atoms with Crippen molar-refractivity contribution in [3.8, 4) is 0 Å². The van der Waals surface area contributed by atoms with Gasteiger partial charge in [-0.05, 0) is 31.5 Å². The SMILES string of the molecule is CC1(C)CN(C(CN)c2ccc(Cl)cc2)CCS1. The van der Waals surface area contributed by atoms with Crippen molar-refractivity contribution in [1.29, 1.82) is 0 Å². The largest absolute Gasteiger partial charge is 0.329 e. The molecule has 1 aromatic rings. The smallest absolute Gasteiger partial charge is 0.0471 e. The van der Waals surface area contributed by atoms with Gasteiger partial charge in [-0.3, -0.25) is 4.90 Å². The van der Waals surface area contributed by atoms with Crippen molar-refractivity contribution in [1.82, 2.24) is 4.90 Å². The van der Waals surface area contributed by atoms with E-state index in [1.54, 1.807) is 0 Å². The summed E-state index contributed by atoms with van der Waals surface area (Å²) in [5.41, 5.74) is 7.25. The van der Waals surface area contributed by atoms with Crippen molar-refractivity contribution in [3.05, 3.63) is 34.9 Å². The molecule has 100 valence electrons. The molecule has 1 atom stereocenters. The van der Waals surface area contributed by atoms with Gasteiger partial charge < -0.3 is 5.73 Å². The predicted octanol–water partition coefficient (Wildman–Crippen LogP) is 3.17. The van der Waals surface area contributed by atoms with Crippen LogP contribution in [0.25, 0.3) is 0 Å². The molecule has 1 unspecified atom stereocenters. The second-order valence-electron chi connectivity index (χ2n) is 5.38. The van der Waals surface area contributed by atoms with Gasteiger partial charge in [0.15, 0.2) is 0 Å². The molecular formula is C14H21ClN2S. The Kier molecular flexibility index (Phi) is 4.59. The third kappa shape index (κ3) is 3.41. The van der Waals surface area contributed by atoms with E-state index in [-0.39, 0.29) is 0 Å². The Balaban J connectivity index is 2.15. The molecule has 0 spiro atoms. The molecule has 0 saturated carbocycles. The zero-order valence-corrected chi connectivity index (χ0v) is 12.6. The van der Waals surface area contributed by atoms with E-state index in [0.717, 1.165) is 18.1 Å². The Morgan fingerprint density at radius 2 is 2.06 bits per heavy atom. The molecule has 1 aromatic carbocycles. The van der Waals surface area contributed by atoms with Crippen molar-refractivity contribution in [2.45, 2.75) is 24.6 Å². The van der Waals surface area contributed by atoms with E-state index in [1.165, 1.54) is 11.3 Å². The van der Waals surface area contributed by atoms with Gasteiger partial charge in [-0.25, -0.2) is 0 Å². The highest BCUT2D eigenvalue weighted by Gasteiger charge is 2.31. The van der Waals surface area contributed by atoms with Gasteiger partial charge in [0.2, 0.25) is 0 Å². The van der Waals surface area contributed by atoms with E-state index >= 15 is 0 Å². The number of nitrogens with two attached hydrogens (primary N) is 1. The van der Waals surface area contributed by atoms with Crippen LogP contribution in [0.5, 0.6) is 0 Å². The van der Waals surface area contributed by atoms with Crippen LogP contribution in [-0.2, 0) is 0 Å². The van der Waals surface area contributed by atoms with Crippen molar-refractivity contribution in [2.24, 2.45) is 5.73 Å². The Bertz CT molecular complexity index is 391. The third-order valence-corrected chi connectivity index (χ3v) is 4.92. The summed E-state index contributed by atoms with van der Waals surface area (Å²) in [6.45, 7) is 7.46. The first-order chi connectivity index (χ1) is 8.52. The Morgan fingerprint density at radius 1 is 1.39 bits per heavy atom. The monoisotopic (exact) mass is 284 g/mol. The fraction of sp³-hybridized carbons (Fsp3) is 0.571. The molecule has 0 amide bonds. The number of nitrogens with zero attached hydrogens (tertiary/aromatic N) is 1. The highest BCUT2D eigenvalue weighted by molar-refractivity contribution is 8.00. The summed E-state index contributed by atoms with van der Waals surface area (Å²) in [6.07, 6.45) is 0. The number of rotatable bonds is 3. The van der Waals surface area contributed by atoms with E-state index in [9.17, 15) is 0 Å². The molecular weight excluding hydrogens is 264 g/mol. The van der Waals surface area contributed by atoms with Crippen LogP contribution in [0.2, 0.25) is 5.02 Å². The summed E-state index contributed by atoms with van der Waals surface area (Å²) in [5.74, 6) is 1.18. The standard InChI is InChI=1S/C14H21ClN2S/c1-14(2)10-17(7-8-18-14)13(9-16)11-3-5-12(15)6-4-11/h3-6,13H,7-10,16H2,1-2H3. The molecule has 18 heavy (non-hydrogen) atoms. The van der Waals surface area contributed by atoms with Crippen LogP contribution in [-0.4, -0.2) is 35.0 Å². The topological polar surface area (TPSA) is 29.3 Å². The summed E-state index contributed by atoms with van der Waals surface area (Å²) in [5, 5.41) is 0.782. The maximum Gasteiger partial charge on any atom is 0.0471 e. The van der Waals surface area contributed by atoms with Gasteiger partial charge in [0, 0.05) is 41.2 Å². The van der Waals surface area contributed by atoms with Crippen LogP contribution >= 0.6 is 23.4 Å². The molecule has 0 aromatic heterocycles. The van der Waals surface area contributed by atoms with Crippen LogP contribution in [0.4, 0.5) is 0 Å². The molecule has 0 radical (unpaired) electrons. The molecule has 1 heterocycles. The molecule has 1 aliphatic rings. The molecule has 1 saturated heterocycles. The Labute approximate surface area is 119 Å². The molecule has 4 heteroatoms. The van der Waals surface area contributed by atoms with Crippen molar-refractivity contribution >= 4 is 23.4 Å². The van der Waals surface area contributed by atoms with Gasteiger partial charge in [0.05, 0.1) is 0 Å². The first-order valence-electron chi connectivity index (χ1n) is 6.35. The maximum absolute atomic E-state index is 5.98. The minimum absolute atomic E-state index is 0.308. The normalized spacial score (nSPS) is 21.8. The fourth-order valence-electron chi connectivity index (χ4n) is 2.50. The number of benzene rings is 1. The summed E-state index contributed by atoms with van der Waals surface area (Å²) in [6, 6.07) is 8.39. The lowest BCUT2D eigenvalue weighted by Crippen LogP contribution is -2.46. The lowest BCUT2D eigenvalue weighted by Gasteiger charge is -2.41. The van der Waals surface area contributed by atoms with E-state index in [4.69, 9.17) is 17.3 Å². The molecule has 0 bridgehead atoms. The van der Waals surface area contributed by atoms with E-state index in [0.29, 0.717) is 17.3 Å². The van der Waals surface area contributed by atoms with Crippen LogP contribution in [0, 0.1) is 0 Å². The van der Waals surface area contributed by atoms with E-state index < -0.39 is 0 Å². The highest BCUT2D eigenvalue weighted by atomic mass is 35.5. The maximum atomic E-state index is 5.98. The average molecular weight is 285 g/mol. The first kappa shape index (κ1) is 14.2. The summed E-state index contributed by atoms with van der Waals surface area (Å²) in [4.78, 5) is 2.50. The Hall–Kier alpha value is -0.220. The highest BCUT2D eigenvalue weighted by Crippen LogP contribution is 2.33. The molecule has 2 N–H and O–H groups in total. The summed E-state index contributed by atoms with van der Waals surface area (Å²) in [7, 11) is 0. The molecule has 2 rings (SSSR count). The first-order valence-corrected chi connectivity index (χ1v) is 7.72. The Morgan fingerprint density at radius 3 is 2.61 bits per heavy atom. The predicted molar refractivity (Wildman–Crippen MR) is 81.4 cm³/mol. The molecule has 0 aliphatic carbocycles. The lowest BCUT2D eigenvalue weighted by molar-refractivity contribution is 0.192. The summed E-state index contributed by atoms with van der Waals surface area (Å²) >= 11 is 7.99. The van der Waals surface area contributed by atoms with Crippen LogP contribution in [0.15, 0.2) is 24.3 Å². The van der Waals surface area contributed by atoms with Gasteiger partial charge in [-0.1, -0.05) is 23.7 Å².